The lowest BCUT2D eigenvalue weighted by atomic mass is 10.2. The Kier molecular flexibility index (Phi) is 5.07. The van der Waals surface area contributed by atoms with Crippen molar-refractivity contribution in [3.63, 3.8) is 0 Å². The standard InChI is InChI=1S/C15H23BrN2/c1-3-9-18(13-6-7-13)15-8-5-12(10-14(15)16)11-17-4-2/h5,8,10,13,17H,3-4,6-7,9,11H2,1-2H3. The number of hydrogen-bond acceptors (Lipinski definition) is 2. The van der Waals surface area contributed by atoms with E-state index in [2.05, 4.69) is 58.2 Å². The SMILES string of the molecule is CCCN(c1ccc(CNCC)cc1Br)C1CC1. The maximum absolute atomic E-state index is 3.74. The lowest BCUT2D eigenvalue weighted by Gasteiger charge is -2.25. The largest absolute Gasteiger partial charge is 0.368 e. The summed E-state index contributed by atoms with van der Waals surface area (Å²) in [5.74, 6) is 0. The summed E-state index contributed by atoms with van der Waals surface area (Å²) in [6.07, 6.45) is 3.92. The first kappa shape index (κ1) is 13.9. The molecule has 100 valence electrons. The van der Waals surface area contributed by atoms with Gasteiger partial charge in [0.1, 0.15) is 0 Å². The van der Waals surface area contributed by atoms with Crippen molar-refractivity contribution in [2.75, 3.05) is 18.0 Å². The third kappa shape index (κ3) is 3.48. The molecule has 1 aliphatic carbocycles. The Morgan fingerprint density at radius 1 is 1.33 bits per heavy atom. The van der Waals surface area contributed by atoms with Crippen LogP contribution >= 0.6 is 15.9 Å². The van der Waals surface area contributed by atoms with Crippen molar-refractivity contribution in [2.24, 2.45) is 0 Å². The fourth-order valence-electron chi connectivity index (χ4n) is 2.29. The molecule has 2 rings (SSSR count). The zero-order chi connectivity index (χ0) is 13.0. The smallest absolute Gasteiger partial charge is 0.0513 e. The van der Waals surface area contributed by atoms with E-state index in [-0.39, 0.29) is 0 Å². The third-order valence-electron chi connectivity index (χ3n) is 3.35. The first-order valence-electron chi connectivity index (χ1n) is 7.02. The van der Waals surface area contributed by atoms with E-state index < -0.39 is 0 Å². The van der Waals surface area contributed by atoms with Gasteiger partial charge in [0.25, 0.3) is 0 Å². The quantitative estimate of drug-likeness (QED) is 0.820. The zero-order valence-electron chi connectivity index (χ0n) is 11.4. The second kappa shape index (κ2) is 6.58. The number of rotatable bonds is 7. The Morgan fingerprint density at radius 2 is 2.11 bits per heavy atom. The Hall–Kier alpha value is -0.540. The molecule has 0 unspecified atom stereocenters. The van der Waals surface area contributed by atoms with E-state index in [1.165, 1.54) is 35.0 Å². The van der Waals surface area contributed by atoms with Gasteiger partial charge in [0, 0.05) is 23.6 Å². The van der Waals surface area contributed by atoms with Gasteiger partial charge in [-0.25, -0.2) is 0 Å². The molecule has 1 aliphatic rings. The monoisotopic (exact) mass is 310 g/mol. The predicted molar refractivity (Wildman–Crippen MR) is 82.2 cm³/mol. The Balaban J connectivity index is 2.11. The highest BCUT2D eigenvalue weighted by molar-refractivity contribution is 9.10. The summed E-state index contributed by atoms with van der Waals surface area (Å²) in [7, 11) is 0. The second-order valence-corrected chi connectivity index (χ2v) is 5.84. The van der Waals surface area contributed by atoms with Crippen molar-refractivity contribution in [3.05, 3.63) is 28.2 Å². The number of hydrogen-bond donors (Lipinski definition) is 1. The summed E-state index contributed by atoms with van der Waals surface area (Å²) in [6, 6.07) is 7.54. The fraction of sp³-hybridized carbons (Fsp3) is 0.600. The van der Waals surface area contributed by atoms with Crippen molar-refractivity contribution < 1.29 is 0 Å². The lowest BCUT2D eigenvalue weighted by Crippen LogP contribution is -2.26. The molecule has 0 amide bonds. The minimum atomic E-state index is 0.779. The molecule has 1 saturated carbocycles. The van der Waals surface area contributed by atoms with Crippen LogP contribution in [0.25, 0.3) is 0 Å². The summed E-state index contributed by atoms with van der Waals surface area (Å²) in [6.45, 7) is 7.52. The molecule has 1 aromatic rings. The Morgan fingerprint density at radius 3 is 2.67 bits per heavy atom. The summed E-state index contributed by atoms with van der Waals surface area (Å²) in [5, 5.41) is 3.37. The molecule has 0 atom stereocenters. The molecule has 1 fully saturated rings. The molecule has 2 nitrogen and oxygen atoms in total. The average Bonchev–Trinajstić information content (AvgIpc) is 3.18. The molecule has 0 saturated heterocycles. The number of nitrogens with one attached hydrogen (secondary N) is 1. The molecule has 0 heterocycles. The number of nitrogens with zero attached hydrogens (tertiary/aromatic N) is 1. The van der Waals surface area contributed by atoms with E-state index in [1.807, 2.05) is 0 Å². The van der Waals surface area contributed by atoms with Gasteiger partial charge in [-0.2, -0.15) is 0 Å². The first-order chi connectivity index (χ1) is 8.76. The van der Waals surface area contributed by atoms with Gasteiger partial charge < -0.3 is 10.2 Å². The van der Waals surface area contributed by atoms with Gasteiger partial charge in [0.15, 0.2) is 0 Å². The summed E-state index contributed by atoms with van der Waals surface area (Å²) in [4.78, 5) is 2.56. The summed E-state index contributed by atoms with van der Waals surface area (Å²) in [5.41, 5.74) is 2.71. The van der Waals surface area contributed by atoms with Crippen LogP contribution in [0.2, 0.25) is 0 Å². The van der Waals surface area contributed by atoms with Crippen LogP contribution in [0.5, 0.6) is 0 Å². The molecule has 1 N–H and O–H groups in total. The van der Waals surface area contributed by atoms with Gasteiger partial charge in [-0.3, -0.25) is 0 Å². The van der Waals surface area contributed by atoms with E-state index in [9.17, 15) is 0 Å². The molecule has 0 bridgehead atoms. The van der Waals surface area contributed by atoms with Crippen LogP contribution in [0.3, 0.4) is 0 Å². The lowest BCUT2D eigenvalue weighted by molar-refractivity contribution is 0.725. The maximum Gasteiger partial charge on any atom is 0.0513 e. The predicted octanol–water partition coefficient (Wildman–Crippen LogP) is 3.94. The van der Waals surface area contributed by atoms with Crippen LogP contribution in [0, 0.1) is 0 Å². The van der Waals surface area contributed by atoms with Gasteiger partial charge in [0.05, 0.1) is 5.69 Å². The van der Waals surface area contributed by atoms with E-state index >= 15 is 0 Å². The van der Waals surface area contributed by atoms with Crippen LogP contribution in [0.4, 0.5) is 5.69 Å². The zero-order valence-corrected chi connectivity index (χ0v) is 13.0. The van der Waals surface area contributed by atoms with Crippen molar-refractivity contribution in [2.45, 2.75) is 45.7 Å². The fourth-order valence-corrected chi connectivity index (χ4v) is 2.94. The number of halogens is 1. The van der Waals surface area contributed by atoms with E-state index in [1.54, 1.807) is 0 Å². The maximum atomic E-state index is 3.74. The van der Waals surface area contributed by atoms with Crippen LogP contribution in [0.1, 0.15) is 38.7 Å². The normalized spacial score (nSPS) is 14.8. The highest BCUT2D eigenvalue weighted by Gasteiger charge is 2.29. The molecular weight excluding hydrogens is 288 g/mol. The summed E-state index contributed by atoms with van der Waals surface area (Å²) >= 11 is 3.74. The molecule has 0 aliphatic heterocycles. The molecule has 0 spiro atoms. The Bertz CT molecular complexity index is 388. The minimum absolute atomic E-state index is 0.779. The van der Waals surface area contributed by atoms with Gasteiger partial charge in [-0.1, -0.05) is 19.9 Å². The van der Waals surface area contributed by atoms with E-state index in [0.717, 1.165) is 25.7 Å². The van der Waals surface area contributed by atoms with Gasteiger partial charge in [0.2, 0.25) is 0 Å². The van der Waals surface area contributed by atoms with Crippen molar-refractivity contribution in [1.82, 2.24) is 5.32 Å². The minimum Gasteiger partial charge on any atom is -0.368 e. The summed E-state index contributed by atoms with van der Waals surface area (Å²) < 4.78 is 1.23. The van der Waals surface area contributed by atoms with Gasteiger partial charge in [-0.05, 0) is 59.4 Å². The van der Waals surface area contributed by atoms with Crippen LogP contribution < -0.4 is 10.2 Å². The second-order valence-electron chi connectivity index (χ2n) is 4.99. The molecule has 0 aromatic heterocycles. The third-order valence-corrected chi connectivity index (χ3v) is 3.99. The Labute approximate surface area is 119 Å². The first-order valence-corrected chi connectivity index (χ1v) is 7.81. The molecule has 1 aromatic carbocycles. The molecule has 3 heteroatoms. The van der Waals surface area contributed by atoms with Gasteiger partial charge >= 0.3 is 0 Å². The van der Waals surface area contributed by atoms with Crippen molar-refractivity contribution in [1.29, 1.82) is 0 Å². The molecule has 18 heavy (non-hydrogen) atoms. The highest BCUT2D eigenvalue weighted by atomic mass is 79.9. The topological polar surface area (TPSA) is 15.3 Å². The average molecular weight is 311 g/mol. The van der Waals surface area contributed by atoms with Gasteiger partial charge in [-0.15, -0.1) is 0 Å². The van der Waals surface area contributed by atoms with Crippen molar-refractivity contribution in [3.8, 4) is 0 Å². The highest BCUT2D eigenvalue weighted by Crippen LogP contribution is 2.36. The molecular formula is C15H23BrN2. The van der Waals surface area contributed by atoms with E-state index in [0.29, 0.717) is 0 Å². The van der Waals surface area contributed by atoms with Crippen molar-refractivity contribution >= 4 is 21.6 Å². The molecule has 0 radical (unpaired) electrons. The number of benzene rings is 1. The number of anilines is 1. The van der Waals surface area contributed by atoms with Crippen LogP contribution in [-0.2, 0) is 6.54 Å². The van der Waals surface area contributed by atoms with Crippen LogP contribution in [-0.4, -0.2) is 19.1 Å². The van der Waals surface area contributed by atoms with Crippen LogP contribution in [0.15, 0.2) is 22.7 Å². The van der Waals surface area contributed by atoms with E-state index in [4.69, 9.17) is 0 Å².